The van der Waals surface area contributed by atoms with Crippen molar-refractivity contribution in [3.05, 3.63) is 65.4 Å². The zero-order valence-corrected chi connectivity index (χ0v) is 17.0. The Morgan fingerprint density at radius 2 is 1.94 bits per heavy atom. The number of benzene rings is 1. The van der Waals surface area contributed by atoms with E-state index in [1.807, 2.05) is 26.0 Å². The Morgan fingerprint density at radius 1 is 1.19 bits per heavy atom. The first-order chi connectivity index (χ1) is 14.7. The Hall–Kier alpha value is -3.39. The van der Waals surface area contributed by atoms with E-state index in [1.54, 1.807) is 16.8 Å². The molecule has 0 saturated carbocycles. The van der Waals surface area contributed by atoms with Gasteiger partial charge in [0, 0.05) is 23.7 Å². The molecule has 8 heteroatoms. The SMILES string of the molecule is CC(C)c1c(/C=C/C(O)CC(=O)CC(=O)O)c(-c2ccc(F)c(F)c2)nn2cccc12. The molecule has 0 aliphatic heterocycles. The number of ketones is 1. The lowest BCUT2D eigenvalue weighted by Crippen LogP contribution is -2.14. The number of hydrogen-bond donors (Lipinski definition) is 2. The second-order valence-corrected chi connectivity index (χ2v) is 7.54. The first kappa shape index (κ1) is 22.3. The standard InChI is InChI=1S/C23H22F2N2O4/c1-13(2)22-17(7-6-15(28)11-16(29)12-21(30)31)23(26-27-9-3-4-20(22)27)14-5-8-18(24)19(25)10-14/h3-10,13,15,28H,11-12H2,1-2H3,(H,30,31)/b7-6+. The van der Waals surface area contributed by atoms with Crippen molar-refractivity contribution in [2.24, 2.45) is 0 Å². The van der Waals surface area contributed by atoms with Crippen LogP contribution in [-0.2, 0) is 9.59 Å². The van der Waals surface area contributed by atoms with Crippen molar-refractivity contribution >= 4 is 23.3 Å². The summed E-state index contributed by atoms with van der Waals surface area (Å²) in [5.74, 6) is -3.82. The molecule has 162 valence electrons. The van der Waals surface area contributed by atoms with Gasteiger partial charge in [0.05, 0.1) is 17.3 Å². The number of Topliss-reactive ketones (excluding diaryl/α,β-unsaturated/α-hetero) is 1. The summed E-state index contributed by atoms with van der Waals surface area (Å²) in [6.45, 7) is 3.95. The molecule has 1 aromatic carbocycles. The van der Waals surface area contributed by atoms with Gasteiger partial charge in [0.2, 0.25) is 0 Å². The fraction of sp³-hybridized carbons (Fsp3) is 0.261. The van der Waals surface area contributed by atoms with E-state index in [2.05, 4.69) is 5.10 Å². The molecule has 1 atom stereocenters. The van der Waals surface area contributed by atoms with Gasteiger partial charge in [-0.25, -0.2) is 13.3 Å². The van der Waals surface area contributed by atoms with Gasteiger partial charge in [-0.15, -0.1) is 0 Å². The molecule has 3 rings (SSSR count). The van der Waals surface area contributed by atoms with Crippen LogP contribution >= 0.6 is 0 Å². The molecule has 2 heterocycles. The minimum atomic E-state index is -1.26. The van der Waals surface area contributed by atoms with E-state index in [1.165, 1.54) is 12.1 Å². The highest BCUT2D eigenvalue weighted by Gasteiger charge is 2.19. The van der Waals surface area contributed by atoms with E-state index in [-0.39, 0.29) is 12.3 Å². The van der Waals surface area contributed by atoms with Gasteiger partial charge >= 0.3 is 5.97 Å². The van der Waals surface area contributed by atoms with Crippen LogP contribution in [0, 0.1) is 11.6 Å². The molecule has 0 saturated heterocycles. The number of fused-ring (bicyclic) bond motifs is 1. The minimum absolute atomic E-state index is 0.0230. The lowest BCUT2D eigenvalue weighted by Gasteiger charge is -2.17. The summed E-state index contributed by atoms with van der Waals surface area (Å²) in [6.07, 6.45) is 2.50. The fourth-order valence-corrected chi connectivity index (χ4v) is 3.48. The molecule has 1 unspecified atom stereocenters. The first-order valence-corrected chi connectivity index (χ1v) is 9.73. The van der Waals surface area contributed by atoms with Gasteiger partial charge in [-0.3, -0.25) is 9.59 Å². The number of carboxylic acid groups (broad SMARTS) is 1. The monoisotopic (exact) mass is 428 g/mol. The third-order valence-corrected chi connectivity index (χ3v) is 4.80. The van der Waals surface area contributed by atoms with Gasteiger partial charge in [0.25, 0.3) is 0 Å². The maximum absolute atomic E-state index is 13.9. The summed E-state index contributed by atoms with van der Waals surface area (Å²) in [7, 11) is 0. The van der Waals surface area contributed by atoms with Crippen molar-refractivity contribution in [1.82, 2.24) is 9.61 Å². The second-order valence-electron chi connectivity index (χ2n) is 7.54. The third kappa shape index (κ3) is 5.03. The van der Waals surface area contributed by atoms with E-state index in [9.17, 15) is 23.5 Å². The molecular weight excluding hydrogens is 406 g/mol. The summed E-state index contributed by atoms with van der Waals surface area (Å²) >= 11 is 0. The van der Waals surface area contributed by atoms with Gasteiger partial charge in [-0.05, 0) is 41.8 Å². The largest absolute Gasteiger partial charge is 0.481 e. The van der Waals surface area contributed by atoms with Gasteiger partial charge in [0.15, 0.2) is 11.6 Å². The molecule has 0 bridgehead atoms. The number of carbonyl (C=O) groups excluding carboxylic acids is 1. The topological polar surface area (TPSA) is 91.9 Å². The smallest absolute Gasteiger partial charge is 0.310 e. The van der Waals surface area contributed by atoms with Crippen LogP contribution in [0.15, 0.2) is 42.6 Å². The van der Waals surface area contributed by atoms with Crippen LogP contribution in [0.1, 0.15) is 43.7 Å². The van der Waals surface area contributed by atoms with E-state index in [4.69, 9.17) is 5.11 Å². The van der Waals surface area contributed by atoms with Crippen molar-refractivity contribution in [1.29, 1.82) is 0 Å². The van der Waals surface area contributed by atoms with Gasteiger partial charge in [-0.1, -0.05) is 26.0 Å². The maximum atomic E-state index is 13.9. The third-order valence-electron chi connectivity index (χ3n) is 4.80. The van der Waals surface area contributed by atoms with Crippen molar-refractivity contribution in [3.8, 4) is 11.3 Å². The van der Waals surface area contributed by atoms with Gasteiger partial charge in [-0.2, -0.15) is 5.10 Å². The zero-order valence-electron chi connectivity index (χ0n) is 17.0. The predicted molar refractivity (Wildman–Crippen MR) is 112 cm³/mol. The Balaban J connectivity index is 2.11. The summed E-state index contributed by atoms with van der Waals surface area (Å²) in [5, 5.41) is 23.4. The van der Waals surface area contributed by atoms with Crippen molar-refractivity contribution in [2.75, 3.05) is 0 Å². The average Bonchev–Trinajstić information content (AvgIpc) is 3.14. The van der Waals surface area contributed by atoms with E-state index < -0.39 is 35.9 Å². The molecule has 0 aliphatic carbocycles. The molecule has 2 aromatic heterocycles. The van der Waals surface area contributed by atoms with Gasteiger partial charge in [0.1, 0.15) is 12.2 Å². The zero-order chi connectivity index (χ0) is 22.7. The molecule has 0 amide bonds. The number of aliphatic hydroxyl groups excluding tert-OH is 1. The highest BCUT2D eigenvalue weighted by atomic mass is 19.2. The van der Waals surface area contributed by atoms with Crippen LogP contribution in [0.4, 0.5) is 8.78 Å². The normalized spacial score (nSPS) is 12.7. The Labute approximate surface area is 177 Å². The Kier molecular flexibility index (Phi) is 6.60. The molecule has 2 N–H and O–H groups in total. The van der Waals surface area contributed by atoms with Crippen LogP contribution in [0.3, 0.4) is 0 Å². The molecular formula is C23H22F2N2O4. The highest BCUT2D eigenvalue weighted by molar-refractivity contribution is 5.95. The predicted octanol–water partition coefficient (Wildman–Crippen LogP) is 4.21. The quantitative estimate of drug-likeness (QED) is 0.525. The molecule has 0 aliphatic rings. The molecule has 0 radical (unpaired) electrons. The van der Waals surface area contributed by atoms with Crippen molar-refractivity contribution < 1.29 is 28.6 Å². The number of carboxylic acids is 1. The van der Waals surface area contributed by atoms with Gasteiger partial charge < -0.3 is 10.2 Å². The number of aliphatic carboxylic acids is 1. The lowest BCUT2D eigenvalue weighted by molar-refractivity contribution is -0.140. The van der Waals surface area contributed by atoms with E-state index >= 15 is 0 Å². The molecule has 6 nitrogen and oxygen atoms in total. The Bertz CT molecular complexity index is 1170. The van der Waals surface area contributed by atoms with Crippen LogP contribution in [-0.4, -0.2) is 37.7 Å². The first-order valence-electron chi connectivity index (χ1n) is 9.73. The van der Waals surface area contributed by atoms with E-state index in [0.717, 1.165) is 23.2 Å². The van der Waals surface area contributed by atoms with Crippen molar-refractivity contribution in [3.63, 3.8) is 0 Å². The number of nitrogens with zero attached hydrogens (tertiary/aromatic N) is 2. The summed E-state index contributed by atoms with van der Waals surface area (Å²) in [6, 6.07) is 7.19. The molecule has 0 spiro atoms. The average molecular weight is 428 g/mol. The second kappa shape index (κ2) is 9.18. The number of hydrogen-bond acceptors (Lipinski definition) is 4. The number of aromatic nitrogens is 2. The highest BCUT2D eigenvalue weighted by Crippen LogP contribution is 2.33. The number of aliphatic hydroxyl groups is 1. The number of halogens is 2. The Morgan fingerprint density at radius 3 is 2.58 bits per heavy atom. The lowest BCUT2D eigenvalue weighted by atomic mass is 9.93. The summed E-state index contributed by atoms with van der Waals surface area (Å²) < 4.78 is 29.0. The van der Waals surface area contributed by atoms with Crippen LogP contribution in [0.25, 0.3) is 22.9 Å². The van der Waals surface area contributed by atoms with Crippen LogP contribution in [0.5, 0.6) is 0 Å². The maximum Gasteiger partial charge on any atom is 0.310 e. The minimum Gasteiger partial charge on any atom is -0.481 e. The molecule has 31 heavy (non-hydrogen) atoms. The molecule has 3 aromatic rings. The van der Waals surface area contributed by atoms with E-state index in [0.29, 0.717) is 16.8 Å². The van der Waals surface area contributed by atoms with Crippen LogP contribution < -0.4 is 0 Å². The van der Waals surface area contributed by atoms with Crippen molar-refractivity contribution in [2.45, 2.75) is 38.7 Å². The number of rotatable bonds is 8. The fourth-order valence-electron chi connectivity index (χ4n) is 3.48. The summed E-state index contributed by atoms with van der Waals surface area (Å²) in [5.41, 5.74) is 3.02. The molecule has 0 fully saturated rings. The summed E-state index contributed by atoms with van der Waals surface area (Å²) in [4.78, 5) is 22.3. The van der Waals surface area contributed by atoms with Crippen LogP contribution in [0.2, 0.25) is 0 Å². The number of carbonyl (C=O) groups is 2.